The highest BCUT2D eigenvalue weighted by molar-refractivity contribution is 7.98. The van der Waals surface area contributed by atoms with Gasteiger partial charge in [-0.25, -0.2) is 4.98 Å². The fraction of sp³-hybridized carbons (Fsp3) is 0.190. The van der Waals surface area contributed by atoms with Gasteiger partial charge < -0.3 is 10.3 Å². The first kappa shape index (κ1) is 18.9. The van der Waals surface area contributed by atoms with Crippen LogP contribution < -0.4 is 10.9 Å². The smallest absolute Gasteiger partial charge is 0.251 e. The van der Waals surface area contributed by atoms with Gasteiger partial charge in [0.05, 0.1) is 12.1 Å². The molecule has 138 valence electrons. The number of H-pyrrole nitrogens is 1. The zero-order valence-corrected chi connectivity index (χ0v) is 15.9. The van der Waals surface area contributed by atoms with E-state index in [1.807, 2.05) is 37.3 Å². The van der Waals surface area contributed by atoms with E-state index in [0.29, 0.717) is 23.1 Å². The minimum absolute atomic E-state index is 0.0782. The van der Waals surface area contributed by atoms with Crippen LogP contribution in [0.5, 0.6) is 0 Å². The first-order chi connectivity index (χ1) is 13.1. The fourth-order valence-corrected chi connectivity index (χ4v) is 3.35. The van der Waals surface area contributed by atoms with Crippen LogP contribution in [-0.2, 0) is 23.5 Å². The average Bonchev–Trinajstić information content (AvgIpc) is 2.66. The SMILES string of the molecule is Cc1ccc(CSc2nc(CC(=O)NCc3ccccc3)cc(=O)[nH]2)cc1. The lowest BCUT2D eigenvalue weighted by Crippen LogP contribution is -2.25. The van der Waals surface area contributed by atoms with E-state index in [2.05, 4.69) is 39.6 Å². The van der Waals surface area contributed by atoms with Crippen molar-refractivity contribution in [3.05, 3.63) is 93.4 Å². The van der Waals surface area contributed by atoms with Gasteiger partial charge in [-0.05, 0) is 18.1 Å². The van der Waals surface area contributed by atoms with E-state index < -0.39 is 0 Å². The van der Waals surface area contributed by atoms with Crippen LogP contribution in [0.3, 0.4) is 0 Å². The maximum Gasteiger partial charge on any atom is 0.251 e. The molecule has 0 saturated heterocycles. The molecule has 0 saturated carbocycles. The van der Waals surface area contributed by atoms with Gasteiger partial charge in [0.2, 0.25) is 5.91 Å². The van der Waals surface area contributed by atoms with Crippen molar-refractivity contribution in [3.63, 3.8) is 0 Å². The molecule has 0 fully saturated rings. The van der Waals surface area contributed by atoms with Crippen molar-refractivity contribution < 1.29 is 4.79 Å². The number of amides is 1. The standard InChI is InChI=1S/C21H21N3O2S/c1-15-7-9-17(10-8-15)14-27-21-23-18(12-20(26)24-21)11-19(25)22-13-16-5-3-2-4-6-16/h2-10,12H,11,13-14H2,1H3,(H,22,25)(H,23,24,26). The molecule has 0 spiro atoms. The van der Waals surface area contributed by atoms with Gasteiger partial charge in [0.15, 0.2) is 5.16 Å². The third kappa shape index (κ3) is 6.11. The molecular weight excluding hydrogens is 358 g/mol. The van der Waals surface area contributed by atoms with Crippen molar-refractivity contribution in [2.24, 2.45) is 0 Å². The van der Waals surface area contributed by atoms with Crippen molar-refractivity contribution in [1.82, 2.24) is 15.3 Å². The van der Waals surface area contributed by atoms with E-state index >= 15 is 0 Å². The molecule has 0 radical (unpaired) electrons. The number of nitrogens with one attached hydrogen (secondary N) is 2. The van der Waals surface area contributed by atoms with Crippen LogP contribution in [0.25, 0.3) is 0 Å². The molecule has 1 heterocycles. The van der Waals surface area contributed by atoms with Gasteiger partial charge in [-0.1, -0.05) is 71.9 Å². The van der Waals surface area contributed by atoms with Crippen molar-refractivity contribution >= 4 is 17.7 Å². The summed E-state index contributed by atoms with van der Waals surface area (Å²) in [6.45, 7) is 2.50. The summed E-state index contributed by atoms with van der Waals surface area (Å²) in [6, 6.07) is 19.3. The summed E-state index contributed by atoms with van der Waals surface area (Å²) in [5, 5.41) is 3.37. The van der Waals surface area contributed by atoms with E-state index in [-0.39, 0.29) is 17.9 Å². The van der Waals surface area contributed by atoms with Crippen LogP contribution in [0.1, 0.15) is 22.4 Å². The molecule has 27 heavy (non-hydrogen) atoms. The summed E-state index contributed by atoms with van der Waals surface area (Å²) >= 11 is 1.45. The number of aryl methyl sites for hydroxylation is 1. The highest BCUT2D eigenvalue weighted by Gasteiger charge is 2.08. The second-order valence-corrected chi connectivity index (χ2v) is 7.22. The molecular formula is C21H21N3O2S. The number of hydrogen-bond donors (Lipinski definition) is 2. The first-order valence-electron chi connectivity index (χ1n) is 8.68. The Morgan fingerprint density at radius 3 is 2.56 bits per heavy atom. The zero-order valence-electron chi connectivity index (χ0n) is 15.1. The van der Waals surface area contributed by atoms with E-state index in [1.54, 1.807) is 0 Å². The van der Waals surface area contributed by atoms with E-state index in [0.717, 1.165) is 11.1 Å². The molecule has 3 rings (SSSR count). The van der Waals surface area contributed by atoms with Crippen molar-refractivity contribution in [2.75, 3.05) is 0 Å². The normalized spacial score (nSPS) is 10.6. The monoisotopic (exact) mass is 379 g/mol. The van der Waals surface area contributed by atoms with Gasteiger partial charge in [-0.15, -0.1) is 0 Å². The first-order valence-corrected chi connectivity index (χ1v) is 9.66. The highest BCUT2D eigenvalue weighted by atomic mass is 32.2. The summed E-state index contributed by atoms with van der Waals surface area (Å²) < 4.78 is 0. The molecule has 0 bridgehead atoms. The molecule has 0 aliphatic rings. The Balaban J connectivity index is 1.58. The van der Waals surface area contributed by atoms with E-state index in [4.69, 9.17) is 0 Å². The van der Waals surface area contributed by atoms with Crippen molar-refractivity contribution in [2.45, 2.75) is 30.8 Å². The number of benzene rings is 2. The molecule has 2 N–H and O–H groups in total. The molecule has 0 aliphatic carbocycles. The Bertz CT molecular complexity index is 953. The quantitative estimate of drug-likeness (QED) is 0.488. The molecule has 3 aromatic rings. The van der Waals surface area contributed by atoms with Crippen LogP contribution in [0.2, 0.25) is 0 Å². The number of aromatic nitrogens is 2. The number of aromatic amines is 1. The Kier molecular flexibility index (Phi) is 6.44. The minimum atomic E-state index is -0.248. The van der Waals surface area contributed by atoms with Gasteiger partial charge in [0.1, 0.15) is 0 Å². The van der Waals surface area contributed by atoms with Gasteiger partial charge >= 0.3 is 0 Å². The maximum absolute atomic E-state index is 12.1. The topological polar surface area (TPSA) is 74.8 Å². The van der Waals surface area contributed by atoms with Gasteiger partial charge in [-0.3, -0.25) is 9.59 Å². The number of thioether (sulfide) groups is 1. The second kappa shape index (κ2) is 9.19. The Hall–Kier alpha value is -2.86. The second-order valence-electron chi connectivity index (χ2n) is 6.26. The van der Waals surface area contributed by atoms with E-state index in [1.165, 1.54) is 23.4 Å². The Morgan fingerprint density at radius 1 is 1.07 bits per heavy atom. The zero-order chi connectivity index (χ0) is 19.1. The van der Waals surface area contributed by atoms with Gasteiger partial charge in [0.25, 0.3) is 5.56 Å². The summed E-state index contributed by atoms with van der Waals surface area (Å²) in [7, 11) is 0. The number of hydrogen-bond acceptors (Lipinski definition) is 4. The van der Waals surface area contributed by atoms with Gasteiger partial charge in [-0.2, -0.15) is 0 Å². The van der Waals surface area contributed by atoms with Crippen LogP contribution in [0, 0.1) is 6.92 Å². The summed E-state index contributed by atoms with van der Waals surface area (Å²) in [6.07, 6.45) is 0.0782. The summed E-state index contributed by atoms with van der Waals surface area (Å²) in [5.41, 5.74) is 3.61. The highest BCUT2D eigenvalue weighted by Crippen LogP contribution is 2.18. The lowest BCUT2D eigenvalue weighted by molar-refractivity contribution is -0.120. The molecule has 1 amide bonds. The minimum Gasteiger partial charge on any atom is -0.352 e. The van der Waals surface area contributed by atoms with Crippen molar-refractivity contribution in [1.29, 1.82) is 0 Å². The van der Waals surface area contributed by atoms with Crippen LogP contribution in [-0.4, -0.2) is 15.9 Å². The van der Waals surface area contributed by atoms with Gasteiger partial charge in [0, 0.05) is 18.4 Å². The predicted octanol–water partition coefficient (Wildman–Crippen LogP) is 3.23. The summed E-state index contributed by atoms with van der Waals surface area (Å²) in [5.74, 6) is 0.541. The molecule has 0 atom stereocenters. The molecule has 0 unspecified atom stereocenters. The van der Waals surface area contributed by atoms with Crippen LogP contribution in [0.4, 0.5) is 0 Å². The number of carbonyl (C=O) groups is 1. The van der Waals surface area contributed by atoms with E-state index in [9.17, 15) is 9.59 Å². The fourth-order valence-electron chi connectivity index (χ4n) is 2.50. The number of rotatable bonds is 7. The molecule has 2 aromatic carbocycles. The average molecular weight is 379 g/mol. The number of carbonyl (C=O) groups excluding carboxylic acids is 1. The Morgan fingerprint density at radius 2 is 1.81 bits per heavy atom. The van der Waals surface area contributed by atoms with Crippen LogP contribution in [0.15, 0.2) is 70.6 Å². The van der Waals surface area contributed by atoms with Crippen molar-refractivity contribution in [3.8, 4) is 0 Å². The third-order valence-corrected chi connectivity index (χ3v) is 4.89. The lowest BCUT2D eigenvalue weighted by Gasteiger charge is -2.06. The molecule has 0 aliphatic heterocycles. The number of nitrogens with zero attached hydrogens (tertiary/aromatic N) is 1. The lowest BCUT2D eigenvalue weighted by atomic mass is 10.2. The molecule has 5 nitrogen and oxygen atoms in total. The maximum atomic E-state index is 12.1. The summed E-state index contributed by atoms with van der Waals surface area (Å²) in [4.78, 5) is 31.2. The third-order valence-electron chi connectivity index (χ3n) is 3.94. The van der Waals surface area contributed by atoms with Crippen LogP contribution >= 0.6 is 11.8 Å². The Labute approximate surface area is 162 Å². The largest absolute Gasteiger partial charge is 0.352 e. The predicted molar refractivity (Wildman–Crippen MR) is 108 cm³/mol. The molecule has 6 heteroatoms. The molecule has 1 aromatic heterocycles.